The van der Waals surface area contributed by atoms with Crippen LogP contribution >= 0.6 is 0 Å². The Morgan fingerprint density at radius 1 is 1.16 bits per heavy atom. The zero-order chi connectivity index (χ0) is 17.6. The van der Waals surface area contributed by atoms with Gasteiger partial charge in [-0.1, -0.05) is 42.5 Å². The first-order chi connectivity index (χ1) is 12.2. The van der Waals surface area contributed by atoms with Gasteiger partial charge in [0.05, 0.1) is 32.3 Å². The topological polar surface area (TPSA) is 38.8 Å². The van der Waals surface area contributed by atoms with E-state index in [-0.39, 0.29) is 18.1 Å². The average Bonchev–Trinajstić information content (AvgIpc) is 2.64. The third-order valence-electron chi connectivity index (χ3n) is 4.62. The van der Waals surface area contributed by atoms with Crippen molar-refractivity contribution in [3.8, 4) is 5.75 Å². The van der Waals surface area contributed by atoms with Crippen LogP contribution in [-0.2, 0) is 22.4 Å². The van der Waals surface area contributed by atoms with Crippen molar-refractivity contribution in [3.63, 3.8) is 0 Å². The molecule has 1 aliphatic rings. The quantitative estimate of drug-likeness (QED) is 0.840. The molecule has 0 aliphatic carbocycles. The van der Waals surface area contributed by atoms with Crippen LogP contribution in [-0.4, -0.2) is 43.2 Å². The Morgan fingerprint density at radius 3 is 2.68 bits per heavy atom. The lowest BCUT2D eigenvalue weighted by Gasteiger charge is -2.38. The van der Waals surface area contributed by atoms with Crippen molar-refractivity contribution < 1.29 is 14.3 Å². The highest BCUT2D eigenvalue weighted by Gasteiger charge is 2.29. The fraction of sp³-hybridized carbons (Fsp3) is 0.381. The molecule has 1 aliphatic heterocycles. The molecule has 4 heteroatoms. The molecule has 2 atom stereocenters. The van der Waals surface area contributed by atoms with E-state index < -0.39 is 0 Å². The molecule has 132 valence electrons. The SMILES string of the molecule is COc1cccc(CC(=O)N2CC(Cc3ccccc3)OCC2C)c1. The van der Waals surface area contributed by atoms with E-state index in [2.05, 4.69) is 12.1 Å². The zero-order valence-electron chi connectivity index (χ0n) is 14.9. The van der Waals surface area contributed by atoms with Crippen LogP contribution in [0.5, 0.6) is 5.75 Å². The van der Waals surface area contributed by atoms with Crippen LogP contribution in [0, 0.1) is 0 Å². The number of benzene rings is 2. The fourth-order valence-corrected chi connectivity index (χ4v) is 3.22. The number of nitrogens with zero attached hydrogens (tertiary/aromatic N) is 1. The fourth-order valence-electron chi connectivity index (χ4n) is 3.22. The second kappa shape index (κ2) is 8.17. The Morgan fingerprint density at radius 2 is 1.92 bits per heavy atom. The Kier molecular flexibility index (Phi) is 5.71. The second-order valence-electron chi connectivity index (χ2n) is 6.57. The highest BCUT2D eigenvalue weighted by molar-refractivity contribution is 5.79. The van der Waals surface area contributed by atoms with Crippen LogP contribution in [0.15, 0.2) is 54.6 Å². The monoisotopic (exact) mass is 339 g/mol. The molecule has 4 nitrogen and oxygen atoms in total. The van der Waals surface area contributed by atoms with Crippen LogP contribution in [0.3, 0.4) is 0 Å². The van der Waals surface area contributed by atoms with E-state index in [1.807, 2.05) is 54.3 Å². The summed E-state index contributed by atoms with van der Waals surface area (Å²) in [7, 11) is 1.64. The molecule has 0 saturated carbocycles. The van der Waals surface area contributed by atoms with Gasteiger partial charge in [0.2, 0.25) is 5.91 Å². The van der Waals surface area contributed by atoms with Gasteiger partial charge in [0, 0.05) is 13.0 Å². The summed E-state index contributed by atoms with van der Waals surface area (Å²) in [5.74, 6) is 0.921. The summed E-state index contributed by atoms with van der Waals surface area (Å²) in [6.07, 6.45) is 1.27. The van der Waals surface area contributed by atoms with Crippen LogP contribution in [0.1, 0.15) is 18.1 Å². The van der Waals surface area contributed by atoms with Gasteiger partial charge >= 0.3 is 0 Å². The minimum Gasteiger partial charge on any atom is -0.497 e. The molecule has 0 bridgehead atoms. The van der Waals surface area contributed by atoms with Crippen molar-refractivity contribution >= 4 is 5.91 Å². The molecule has 2 unspecified atom stereocenters. The smallest absolute Gasteiger partial charge is 0.227 e. The van der Waals surface area contributed by atoms with E-state index in [4.69, 9.17) is 9.47 Å². The number of rotatable bonds is 5. The first-order valence-electron chi connectivity index (χ1n) is 8.73. The first kappa shape index (κ1) is 17.5. The Hall–Kier alpha value is -2.33. The molecule has 1 amide bonds. The van der Waals surface area contributed by atoms with Crippen molar-refractivity contribution in [3.05, 3.63) is 65.7 Å². The van der Waals surface area contributed by atoms with E-state index in [9.17, 15) is 4.79 Å². The molecule has 0 aromatic heterocycles. The van der Waals surface area contributed by atoms with E-state index in [1.165, 1.54) is 5.56 Å². The standard InChI is InChI=1S/C21H25NO3/c1-16-15-25-20(11-17-7-4-3-5-8-17)14-22(16)21(23)13-18-9-6-10-19(12-18)24-2/h3-10,12,16,20H,11,13-15H2,1-2H3. The van der Waals surface area contributed by atoms with Gasteiger partial charge in [-0.2, -0.15) is 0 Å². The maximum atomic E-state index is 12.8. The summed E-state index contributed by atoms with van der Waals surface area (Å²) in [5, 5.41) is 0. The third kappa shape index (κ3) is 4.60. The van der Waals surface area contributed by atoms with Crippen molar-refractivity contribution in [2.75, 3.05) is 20.3 Å². The zero-order valence-corrected chi connectivity index (χ0v) is 14.9. The van der Waals surface area contributed by atoms with Gasteiger partial charge in [0.1, 0.15) is 5.75 Å². The van der Waals surface area contributed by atoms with Gasteiger partial charge in [-0.3, -0.25) is 4.79 Å². The highest BCUT2D eigenvalue weighted by Crippen LogP contribution is 2.19. The van der Waals surface area contributed by atoms with Gasteiger partial charge in [-0.15, -0.1) is 0 Å². The second-order valence-corrected chi connectivity index (χ2v) is 6.57. The van der Waals surface area contributed by atoms with Gasteiger partial charge in [-0.05, 0) is 30.2 Å². The first-order valence-corrected chi connectivity index (χ1v) is 8.73. The van der Waals surface area contributed by atoms with Crippen LogP contribution in [0.25, 0.3) is 0 Å². The van der Waals surface area contributed by atoms with E-state index >= 15 is 0 Å². The Labute approximate surface area is 149 Å². The minimum absolute atomic E-state index is 0.0489. The molecule has 0 radical (unpaired) electrons. The van der Waals surface area contributed by atoms with Crippen LogP contribution < -0.4 is 4.74 Å². The largest absolute Gasteiger partial charge is 0.497 e. The minimum atomic E-state index is 0.0489. The van der Waals surface area contributed by atoms with E-state index in [0.29, 0.717) is 19.6 Å². The Bertz CT molecular complexity index is 701. The summed E-state index contributed by atoms with van der Waals surface area (Å²) in [4.78, 5) is 14.8. The van der Waals surface area contributed by atoms with Crippen molar-refractivity contribution in [2.45, 2.75) is 31.9 Å². The van der Waals surface area contributed by atoms with Crippen LogP contribution in [0.4, 0.5) is 0 Å². The Balaban J connectivity index is 1.63. The lowest BCUT2D eigenvalue weighted by Crippen LogP contribution is -2.52. The number of carbonyl (C=O) groups excluding carboxylic acids is 1. The molecular formula is C21H25NO3. The van der Waals surface area contributed by atoms with Gasteiger partial charge < -0.3 is 14.4 Å². The molecule has 1 fully saturated rings. The molecule has 1 heterocycles. The van der Waals surface area contributed by atoms with Crippen molar-refractivity contribution in [1.82, 2.24) is 4.90 Å². The maximum absolute atomic E-state index is 12.8. The van der Waals surface area contributed by atoms with E-state index in [1.54, 1.807) is 7.11 Å². The maximum Gasteiger partial charge on any atom is 0.227 e. The summed E-state index contributed by atoms with van der Waals surface area (Å²) >= 11 is 0. The predicted molar refractivity (Wildman–Crippen MR) is 97.8 cm³/mol. The van der Waals surface area contributed by atoms with Crippen LogP contribution in [0.2, 0.25) is 0 Å². The molecular weight excluding hydrogens is 314 g/mol. The third-order valence-corrected chi connectivity index (χ3v) is 4.62. The average molecular weight is 339 g/mol. The normalized spacial score (nSPS) is 20.3. The molecule has 2 aromatic rings. The lowest BCUT2D eigenvalue weighted by atomic mass is 10.0. The van der Waals surface area contributed by atoms with Gasteiger partial charge in [0.25, 0.3) is 0 Å². The molecule has 0 N–H and O–H groups in total. The summed E-state index contributed by atoms with van der Waals surface area (Å²) in [6, 6.07) is 18.1. The predicted octanol–water partition coefficient (Wildman–Crippen LogP) is 3.10. The molecule has 0 spiro atoms. The summed E-state index contributed by atoms with van der Waals surface area (Å²) < 4.78 is 11.2. The number of hydrogen-bond donors (Lipinski definition) is 0. The lowest BCUT2D eigenvalue weighted by molar-refractivity contribution is -0.143. The van der Waals surface area contributed by atoms with E-state index in [0.717, 1.165) is 17.7 Å². The van der Waals surface area contributed by atoms with Crippen molar-refractivity contribution in [1.29, 1.82) is 0 Å². The number of methoxy groups -OCH3 is 1. The number of amides is 1. The number of ether oxygens (including phenoxy) is 2. The number of carbonyl (C=O) groups is 1. The molecule has 3 rings (SSSR count). The number of morpholine rings is 1. The van der Waals surface area contributed by atoms with Gasteiger partial charge in [-0.25, -0.2) is 0 Å². The highest BCUT2D eigenvalue weighted by atomic mass is 16.5. The molecule has 25 heavy (non-hydrogen) atoms. The molecule has 2 aromatic carbocycles. The van der Waals surface area contributed by atoms with Gasteiger partial charge in [0.15, 0.2) is 0 Å². The van der Waals surface area contributed by atoms with Crippen molar-refractivity contribution in [2.24, 2.45) is 0 Å². The number of hydrogen-bond acceptors (Lipinski definition) is 3. The molecule has 1 saturated heterocycles. The summed E-state index contributed by atoms with van der Waals surface area (Å²) in [5.41, 5.74) is 2.21. The summed E-state index contributed by atoms with van der Waals surface area (Å²) in [6.45, 7) is 3.27.